The first-order chi connectivity index (χ1) is 12.6. The van der Waals surface area contributed by atoms with Crippen LogP contribution in [-0.4, -0.2) is 52.0 Å². The lowest BCUT2D eigenvalue weighted by atomic mass is 10.0. The minimum Gasteiger partial charge on any atom is -0.507 e. The number of carbonyl (C=O) groups excluding carboxylic acids is 1. The van der Waals surface area contributed by atoms with Crippen LogP contribution in [0.2, 0.25) is 0 Å². The van der Waals surface area contributed by atoms with Crippen LogP contribution in [0, 0.1) is 6.92 Å². The molecule has 3 aromatic rings. The molecule has 0 aliphatic carbocycles. The Kier molecular flexibility index (Phi) is 4.61. The standard InChI is InChI=1S/C20H21N3O2S/c1-14-21-17(13-26-14)12-22-6-8-23(9-7-22)20(25)18-10-15-4-2-3-5-16(15)11-19(18)24/h2-5,10-11,13,24H,6-9,12H2,1H3. The molecule has 1 N–H and O–H groups in total. The van der Waals surface area contributed by atoms with Crippen LogP contribution in [0.15, 0.2) is 41.8 Å². The average molecular weight is 367 g/mol. The molecule has 0 bridgehead atoms. The van der Waals surface area contributed by atoms with Gasteiger partial charge in [-0.25, -0.2) is 4.98 Å². The third kappa shape index (κ3) is 3.43. The third-order valence-electron chi connectivity index (χ3n) is 4.81. The van der Waals surface area contributed by atoms with Crippen molar-refractivity contribution in [1.82, 2.24) is 14.8 Å². The number of aryl methyl sites for hydroxylation is 1. The zero-order valence-corrected chi connectivity index (χ0v) is 15.5. The molecule has 5 nitrogen and oxygen atoms in total. The second-order valence-corrected chi connectivity index (χ2v) is 7.70. The zero-order valence-electron chi connectivity index (χ0n) is 14.7. The molecule has 1 aliphatic rings. The molecule has 0 spiro atoms. The predicted molar refractivity (Wildman–Crippen MR) is 104 cm³/mol. The van der Waals surface area contributed by atoms with E-state index < -0.39 is 0 Å². The lowest BCUT2D eigenvalue weighted by Crippen LogP contribution is -2.48. The molecule has 1 aliphatic heterocycles. The second kappa shape index (κ2) is 7.05. The number of aromatic hydroxyl groups is 1. The summed E-state index contributed by atoms with van der Waals surface area (Å²) in [6.45, 7) is 5.80. The van der Waals surface area contributed by atoms with Gasteiger partial charge in [-0.3, -0.25) is 9.69 Å². The summed E-state index contributed by atoms with van der Waals surface area (Å²) >= 11 is 1.67. The number of hydrogen-bond donors (Lipinski definition) is 1. The number of carbonyl (C=O) groups is 1. The average Bonchev–Trinajstić information content (AvgIpc) is 3.06. The number of hydrogen-bond acceptors (Lipinski definition) is 5. The van der Waals surface area contributed by atoms with Gasteiger partial charge in [-0.15, -0.1) is 11.3 Å². The van der Waals surface area contributed by atoms with Crippen molar-refractivity contribution in [3.63, 3.8) is 0 Å². The van der Waals surface area contributed by atoms with Crippen LogP contribution in [-0.2, 0) is 6.54 Å². The van der Waals surface area contributed by atoms with E-state index in [2.05, 4.69) is 15.3 Å². The molecular formula is C20H21N3O2S. The van der Waals surface area contributed by atoms with E-state index >= 15 is 0 Å². The quantitative estimate of drug-likeness (QED) is 0.772. The van der Waals surface area contributed by atoms with Crippen LogP contribution in [0.4, 0.5) is 0 Å². The van der Waals surface area contributed by atoms with Crippen molar-refractivity contribution in [2.45, 2.75) is 13.5 Å². The molecule has 1 aromatic heterocycles. The van der Waals surface area contributed by atoms with Gasteiger partial charge in [0.2, 0.25) is 0 Å². The van der Waals surface area contributed by atoms with Crippen LogP contribution in [0.5, 0.6) is 5.75 Å². The van der Waals surface area contributed by atoms with Crippen molar-refractivity contribution in [1.29, 1.82) is 0 Å². The largest absolute Gasteiger partial charge is 0.507 e. The fourth-order valence-corrected chi connectivity index (χ4v) is 3.99. The summed E-state index contributed by atoms with van der Waals surface area (Å²) in [5, 5.41) is 15.4. The van der Waals surface area contributed by atoms with E-state index in [1.54, 1.807) is 23.5 Å². The number of phenolic OH excluding ortho intramolecular Hbond substituents is 1. The number of phenols is 1. The first kappa shape index (κ1) is 17.0. The summed E-state index contributed by atoms with van der Waals surface area (Å²) < 4.78 is 0. The lowest BCUT2D eigenvalue weighted by molar-refractivity contribution is 0.0624. The smallest absolute Gasteiger partial charge is 0.257 e. The van der Waals surface area contributed by atoms with Gasteiger partial charge >= 0.3 is 0 Å². The first-order valence-electron chi connectivity index (χ1n) is 8.74. The molecule has 0 radical (unpaired) electrons. The Labute approximate surface area is 156 Å². The molecule has 1 saturated heterocycles. The number of benzene rings is 2. The van der Waals surface area contributed by atoms with Gasteiger partial charge in [-0.05, 0) is 29.8 Å². The van der Waals surface area contributed by atoms with Crippen LogP contribution in [0.25, 0.3) is 10.8 Å². The zero-order chi connectivity index (χ0) is 18.1. The second-order valence-electron chi connectivity index (χ2n) is 6.64. The van der Waals surface area contributed by atoms with Crippen molar-refractivity contribution in [3.05, 3.63) is 58.0 Å². The summed E-state index contributed by atoms with van der Waals surface area (Å²) in [6.07, 6.45) is 0. The summed E-state index contributed by atoms with van der Waals surface area (Å²) in [5.74, 6) is -0.0496. The van der Waals surface area contributed by atoms with Crippen LogP contribution in [0.3, 0.4) is 0 Å². The normalized spacial score (nSPS) is 15.5. The highest BCUT2D eigenvalue weighted by Gasteiger charge is 2.24. The highest BCUT2D eigenvalue weighted by atomic mass is 32.1. The molecule has 6 heteroatoms. The molecule has 0 saturated carbocycles. The van der Waals surface area contributed by atoms with Gasteiger partial charge in [0, 0.05) is 38.1 Å². The van der Waals surface area contributed by atoms with Gasteiger partial charge in [-0.2, -0.15) is 0 Å². The van der Waals surface area contributed by atoms with E-state index in [4.69, 9.17) is 0 Å². The molecule has 1 amide bonds. The highest BCUT2D eigenvalue weighted by Crippen LogP contribution is 2.26. The summed E-state index contributed by atoms with van der Waals surface area (Å²) in [4.78, 5) is 21.5. The molecule has 1 fully saturated rings. The predicted octanol–water partition coefficient (Wildman–Crippen LogP) is 3.27. The molecule has 2 aromatic carbocycles. The molecule has 0 unspecified atom stereocenters. The van der Waals surface area contributed by atoms with Gasteiger partial charge in [0.15, 0.2) is 0 Å². The molecule has 4 rings (SSSR count). The topological polar surface area (TPSA) is 56.7 Å². The van der Waals surface area contributed by atoms with Crippen LogP contribution in [0.1, 0.15) is 21.1 Å². The monoisotopic (exact) mass is 367 g/mol. The fraction of sp³-hybridized carbons (Fsp3) is 0.300. The van der Waals surface area contributed by atoms with E-state index in [9.17, 15) is 9.90 Å². The van der Waals surface area contributed by atoms with Crippen molar-refractivity contribution < 1.29 is 9.90 Å². The van der Waals surface area contributed by atoms with Crippen molar-refractivity contribution >= 4 is 28.0 Å². The Bertz CT molecular complexity index is 945. The number of aromatic nitrogens is 1. The lowest BCUT2D eigenvalue weighted by Gasteiger charge is -2.34. The van der Waals surface area contributed by atoms with E-state index in [0.717, 1.165) is 41.1 Å². The highest BCUT2D eigenvalue weighted by molar-refractivity contribution is 7.09. The summed E-state index contributed by atoms with van der Waals surface area (Å²) in [7, 11) is 0. The molecule has 134 valence electrons. The van der Waals surface area contributed by atoms with Crippen LogP contribution >= 0.6 is 11.3 Å². The van der Waals surface area contributed by atoms with E-state index in [1.165, 1.54) is 0 Å². The van der Waals surface area contributed by atoms with Gasteiger partial charge in [0.05, 0.1) is 16.3 Å². The maximum atomic E-state index is 12.9. The van der Waals surface area contributed by atoms with E-state index in [0.29, 0.717) is 18.7 Å². The molecule has 0 atom stereocenters. The minimum atomic E-state index is -0.0996. The Morgan fingerprint density at radius 1 is 1.15 bits per heavy atom. The number of nitrogens with zero attached hydrogens (tertiary/aromatic N) is 3. The molecule has 26 heavy (non-hydrogen) atoms. The van der Waals surface area contributed by atoms with E-state index in [-0.39, 0.29) is 11.7 Å². The van der Waals surface area contributed by atoms with Crippen LogP contribution < -0.4 is 0 Å². The van der Waals surface area contributed by atoms with Gasteiger partial charge in [-0.1, -0.05) is 24.3 Å². The van der Waals surface area contributed by atoms with Crippen molar-refractivity contribution in [2.24, 2.45) is 0 Å². The third-order valence-corrected chi connectivity index (χ3v) is 5.63. The number of thiazole rings is 1. The Morgan fingerprint density at radius 3 is 2.50 bits per heavy atom. The molecular weight excluding hydrogens is 346 g/mol. The molecule has 2 heterocycles. The maximum absolute atomic E-state index is 12.9. The Hall–Kier alpha value is -2.44. The number of piperazine rings is 1. The SMILES string of the molecule is Cc1nc(CN2CCN(C(=O)c3cc4ccccc4cc3O)CC2)cs1. The van der Waals surface area contributed by atoms with Crippen molar-refractivity contribution in [3.8, 4) is 5.75 Å². The summed E-state index contributed by atoms with van der Waals surface area (Å²) in [5.41, 5.74) is 1.48. The number of amides is 1. The van der Waals surface area contributed by atoms with Crippen molar-refractivity contribution in [2.75, 3.05) is 26.2 Å². The fourth-order valence-electron chi connectivity index (χ4n) is 3.39. The van der Waals surface area contributed by atoms with Gasteiger partial charge < -0.3 is 10.0 Å². The first-order valence-corrected chi connectivity index (χ1v) is 9.62. The van der Waals surface area contributed by atoms with Gasteiger partial charge in [0.25, 0.3) is 5.91 Å². The number of fused-ring (bicyclic) bond motifs is 1. The Balaban J connectivity index is 1.44. The van der Waals surface area contributed by atoms with Gasteiger partial charge in [0.1, 0.15) is 5.75 Å². The van der Waals surface area contributed by atoms with E-state index in [1.807, 2.05) is 36.1 Å². The Morgan fingerprint density at radius 2 is 1.85 bits per heavy atom. The minimum absolute atomic E-state index is 0.0501. The maximum Gasteiger partial charge on any atom is 0.257 e. The summed E-state index contributed by atoms with van der Waals surface area (Å²) in [6, 6.07) is 11.2. The number of rotatable bonds is 3.